The number of halogens is 2. The maximum absolute atomic E-state index is 13.3. The Labute approximate surface area is 231 Å². The highest BCUT2D eigenvalue weighted by Crippen LogP contribution is 2.33. The molecular weight excluding hydrogens is 561 g/mol. The fraction of sp³-hybridized carbons (Fsp3) is 0.417. The molecular formula is C24H29Cl2N3O4S3. The zero-order chi connectivity index (χ0) is 24.8. The molecule has 0 bridgehead atoms. The van der Waals surface area contributed by atoms with E-state index in [1.54, 1.807) is 28.8 Å². The number of hydrogen-bond acceptors (Lipinski definition) is 8. The normalized spacial score (nSPS) is 14.5. The number of morpholine rings is 1. The number of nitrogens with zero attached hydrogens (tertiary/aromatic N) is 3. The molecule has 0 saturated carbocycles. The Hall–Kier alpha value is -1.40. The number of benzene rings is 2. The lowest BCUT2D eigenvalue weighted by atomic mass is 10.3. The third-order valence-electron chi connectivity index (χ3n) is 5.66. The molecule has 0 radical (unpaired) electrons. The van der Waals surface area contributed by atoms with Gasteiger partial charge in [-0.25, -0.2) is 13.4 Å². The Morgan fingerprint density at radius 3 is 2.61 bits per heavy atom. The fourth-order valence-corrected chi connectivity index (χ4v) is 6.71. The number of anilines is 1. The van der Waals surface area contributed by atoms with Gasteiger partial charge in [-0.2, -0.15) is 0 Å². The molecule has 4 rings (SSSR count). The smallest absolute Gasteiger partial charge is 0.228 e. The van der Waals surface area contributed by atoms with Gasteiger partial charge in [0.2, 0.25) is 5.91 Å². The van der Waals surface area contributed by atoms with Gasteiger partial charge in [0.1, 0.15) is 5.52 Å². The van der Waals surface area contributed by atoms with E-state index in [1.165, 1.54) is 17.6 Å². The average molecular weight is 591 g/mol. The Morgan fingerprint density at radius 2 is 1.92 bits per heavy atom. The summed E-state index contributed by atoms with van der Waals surface area (Å²) in [7, 11) is -3.43. The quantitative estimate of drug-likeness (QED) is 0.243. The number of amides is 1. The Balaban J connectivity index is 0.00000361. The van der Waals surface area contributed by atoms with Gasteiger partial charge in [-0.3, -0.25) is 14.6 Å². The molecule has 3 aromatic rings. The summed E-state index contributed by atoms with van der Waals surface area (Å²) in [6, 6.07) is 12.8. The van der Waals surface area contributed by atoms with E-state index in [0.717, 1.165) is 34.9 Å². The standard InChI is InChI=1S/C24H28ClN3O4S3.ClH/c1-35(30,31)21-5-2-4-20-23(21)26-24(34-20)28(12-11-27-13-15-32-16-14-27)22(29)6-3-17-33-19-9-7-18(25)8-10-19;/h2,4-5,7-10H,3,6,11-17H2,1H3;1H. The van der Waals surface area contributed by atoms with Crippen LogP contribution in [0.25, 0.3) is 10.2 Å². The second-order valence-corrected chi connectivity index (χ2v) is 12.9. The third kappa shape index (κ3) is 7.80. The first-order chi connectivity index (χ1) is 16.8. The number of rotatable bonds is 10. The molecule has 1 amide bonds. The van der Waals surface area contributed by atoms with Crippen LogP contribution in [0.2, 0.25) is 5.02 Å². The van der Waals surface area contributed by atoms with E-state index < -0.39 is 9.84 Å². The van der Waals surface area contributed by atoms with E-state index in [-0.39, 0.29) is 23.2 Å². The van der Waals surface area contributed by atoms with Gasteiger partial charge in [0.25, 0.3) is 0 Å². The zero-order valence-electron chi connectivity index (χ0n) is 19.9. The first-order valence-electron chi connectivity index (χ1n) is 11.4. The predicted octanol–water partition coefficient (Wildman–Crippen LogP) is 5.01. The van der Waals surface area contributed by atoms with Crippen LogP contribution in [0.1, 0.15) is 12.8 Å². The molecule has 1 fully saturated rings. The monoisotopic (exact) mass is 589 g/mol. The van der Waals surface area contributed by atoms with Crippen molar-refractivity contribution in [3.8, 4) is 0 Å². The maximum atomic E-state index is 13.3. The molecule has 1 aromatic heterocycles. The number of para-hydroxylation sites is 1. The van der Waals surface area contributed by atoms with E-state index >= 15 is 0 Å². The number of sulfone groups is 1. The summed E-state index contributed by atoms with van der Waals surface area (Å²) < 4.78 is 30.7. The minimum atomic E-state index is -3.43. The number of aromatic nitrogens is 1. The molecule has 12 heteroatoms. The molecule has 7 nitrogen and oxygen atoms in total. The number of thioether (sulfide) groups is 1. The molecule has 36 heavy (non-hydrogen) atoms. The van der Waals surface area contributed by atoms with Gasteiger partial charge in [0, 0.05) is 48.8 Å². The lowest BCUT2D eigenvalue weighted by molar-refractivity contribution is -0.118. The van der Waals surface area contributed by atoms with Crippen LogP contribution in [-0.4, -0.2) is 75.6 Å². The lowest BCUT2D eigenvalue weighted by Gasteiger charge is -2.29. The minimum Gasteiger partial charge on any atom is -0.379 e. The summed E-state index contributed by atoms with van der Waals surface area (Å²) in [6.45, 7) is 4.25. The van der Waals surface area contributed by atoms with E-state index in [1.807, 2.05) is 30.3 Å². The average Bonchev–Trinajstić information content (AvgIpc) is 3.27. The number of thiazole rings is 1. The molecule has 0 aliphatic carbocycles. The summed E-state index contributed by atoms with van der Waals surface area (Å²) in [5.74, 6) is 0.804. The maximum Gasteiger partial charge on any atom is 0.228 e. The molecule has 0 spiro atoms. The number of fused-ring (bicyclic) bond motifs is 1. The van der Waals surface area contributed by atoms with Gasteiger partial charge >= 0.3 is 0 Å². The van der Waals surface area contributed by atoms with Crippen molar-refractivity contribution in [3.05, 3.63) is 47.5 Å². The number of ether oxygens (including phenoxy) is 1. The van der Waals surface area contributed by atoms with Crippen LogP contribution in [0, 0.1) is 0 Å². The van der Waals surface area contributed by atoms with Crippen LogP contribution in [0.15, 0.2) is 52.3 Å². The predicted molar refractivity (Wildman–Crippen MR) is 151 cm³/mol. The van der Waals surface area contributed by atoms with Crippen molar-refractivity contribution in [3.63, 3.8) is 0 Å². The van der Waals surface area contributed by atoms with Gasteiger partial charge in [0.15, 0.2) is 15.0 Å². The highest BCUT2D eigenvalue weighted by Gasteiger charge is 2.23. The molecule has 0 unspecified atom stereocenters. The van der Waals surface area contributed by atoms with Crippen molar-refractivity contribution < 1.29 is 17.9 Å². The van der Waals surface area contributed by atoms with Crippen molar-refractivity contribution in [2.75, 3.05) is 56.3 Å². The van der Waals surface area contributed by atoms with Crippen molar-refractivity contribution >= 4 is 78.2 Å². The summed E-state index contributed by atoms with van der Waals surface area (Å²) in [5.41, 5.74) is 0.428. The molecule has 1 aliphatic heterocycles. The van der Waals surface area contributed by atoms with Gasteiger partial charge in [0.05, 0.1) is 22.8 Å². The first-order valence-corrected chi connectivity index (χ1v) is 15.5. The van der Waals surface area contributed by atoms with E-state index in [2.05, 4.69) is 9.88 Å². The van der Waals surface area contributed by atoms with Crippen molar-refractivity contribution in [2.45, 2.75) is 22.6 Å². The van der Waals surface area contributed by atoms with Crippen LogP contribution in [0.3, 0.4) is 0 Å². The van der Waals surface area contributed by atoms with E-state index in [9.17, 15) is 13.2 Å². The van der Waals surface area contributed by atoms with Crippen LogP contribution in [-0.2, 0) is 19.4 Å². The largest absolute Gasteiger partial charge is 0.379 e. The summed E-state index contributed by atoms with van der Waals surface area (Å²) in [5, 5.41) is 1.25. The van der Waals surface area contributed by atoms with Crippen LogP contribution >= 0.6 is 47.1 Å². The topological polar surface area (TPSA) is 79.8 Å². The molecule has 2 aromatic carbocycles. The fourth-order valence-electron chi connectivity index (χ4n) is 3.80. The highest BCUT2D eigenvalue weighted by atomic mass is 35.5. The third-order valence-corrected chi connectivity index (χ3v) is 9.19. The van der Waals surface area contributed by atoms with Crippen LogP contribution in [0.4, 0.5) is 5.13 Å². The first kappa shape index (κ1) is 29.2. The summed E-state index contributed by atoms with van der Waals surface area (Å²) in [6.07, 6.45) is 2.29. The number of carbonyl (C=O) groups excluding carboxylic acids is 1. The van der Waals surface area contributed by atoms with Crippen molar-refractivity contribution in [1.29, 1.82) is 0 Å². The summed E-state index contributed by atoms with van der Waals surface area (Å²) >= 11 is 9.00. The molecule has 1 saturated heterocycles. The summed E-state index contributed by atoms with van der Waals surface area (Å²) in [4.78, 5) is 23.3. The molecule has 1 aliphatic rings. The second-order valence-electron chi connectivity index (χ2n) is 8.28. The van der Waals surface area contributed by atoms with Crippen molar-refractivity contribution in [2.24, 2.45) is 0 Å². The lowest BCUT2D eigenvalue weighted by Crippen LogP contribution is -2.43. The Bertz CT molecular complexity index is 1260. The van der Waals surface area contributed by atoms with Crippen LogP contribution in [0.5, 0.6) is 0 Å². The minimum absolute atomic E-state index is 0. The van der Waals surface area contributed by atoms with Gasteiger partial charge in [-0.1, -0.05) is 29.0 Å². The Kier molecular flexibility index (Phi) is 10.9. The molecule has 196 valence electrons. The molecule has 2 heterocycles. The van der Waals surface area contributed by atoms with Gasteiger partial charge in [-0.15, -0.1) is 24.2 Å². The van der Waals surface area contributed by atoms with Crippen LogP contribution < -0.4 is 4.90 Å². The molecule has 0 N–H and O–H groups in total. The molecule has 0 atom stereocenters. The number of hydrogen-bond donors (Lipinski definition) is 0. The van der Waals surface area contributed by atoms with Gasteiger partial charge < -0.3 is 4.74 Å². The Morgan fingerprint density at radius 1 is 1.19 bits per heavy atom. The highest BCUT2D eigenvalue weighted by molar-refractivity contribution is 7.99. The second kappa shape index (κ2) is 13.4. The van der Waals surface area contributed by atoms with Crippen molar-refractivity contribution in [1.82, 2.24) is 9.88 Å². The van der Waals surface area contributed by atoms with Gasteiger partial charge in [-0.05, 0) is 48.6 Å². The SMILES string of the molecule is CS(=O)(=O)c1cccc2sc(N(CCN3CCOCC3)C(=O)CCCSc3ccc(Cl)cc3)nc12.Cl. The van der Waals surface area contributed by atoms with E-state index in [4.69, 9.17) is 16.3 Å². The zero-order valence-corrected chi connectivity index (χ0v) is 23.9. The van der Waals surface area contributed by atoms with E-state index in [0.29, 0.717) is 48.4 Å². The number of carbonyl (C=O) groups is 1.